The zero-order valence-corrected chi connectivity index (χ0v) is 27.9. The largest absolute Gasteiger partial charge is 0.485 e. The minimum Gasteiger partial charge on any atom is -0.485 e. The number of aromatic nitrogens is 2. The molecule has 2 aromatic heterocycles. The van der Waals surface area contributed by atoms with Gasteiger partial charge in [0.05, 0.1) is 55.7 Å². The van der Waals surface area contributed by atoms with E-state index in [9.17, 15) is 21.0 Å². The fourth-order valence-corrected chi connectivity index (χ4v) is 8.40. The highest BCUT2D eigenvalue weighted by atomic mass is 16.5. The molecule has 3 heterocycles. The number of para-hydroxylation sites is 3. The van der Waals surface area contributed by atoms with Crippen LogP contribution in [0.25, 0.3) is 66.1 Å². The number of nitriles is 4. The van der Waals surface area contributed by atoms with Crippen molar-refractivity contribution in [1.82, 2.24) is 9.13 Å². The lowest BCUT2D eigenvalue weighted by atomic mass is 9.90. The molecule has 0 saturated heterocycles. The number of nitrogens with zero attached hydrogens (tertiary/aromatic N) is 6. The molecule has 2 atom stereocenters. The quantitative estimate of drug-likeness (QED) is 0.185. The second-order valence-electron chi connectivity index (χ2n) is 13.2. The van der Waals surface area contributed by atoms with Crippen LogP contribution >= 0.6 is 0 Å². The standard InChI is InChI=1S/C46H24N6O/c47-23-27-17-20-34(29-19-18-28(24-48)45(38(29)26-50)51-39-13-5-1-9-30(39)31-10-2-6-14-40(31)51)46(37(27)25-49)52-41-15-7-3-11-32(41)35-22-44-36(21-42(35)52)33-12-4-8-16-43(33)53-44/h1-22,33,43H. The molecular formula is C46H24N6O. The van der Waals surface area contributed by atoms with Gasteiger partial charge in [0.1, 0.15) is 36.1 Å². The highest BCUT2D eigenvalue weighted by Crippen LogP contribution is 2.47. The Hall–Kier alpha value is -7.84. The van der Waals surface area contributed by atoms with Crippen LogP contribution in [-0.4, -0.2) is 15.2 Å². The van der Waals surface area contributed by atoms with E-state index in [1.54, 1.807) is 18.2 Å². The van der Waals surface area contributed by atoms with E-state index in [2.05, 4.69) is 53.1 Å². The van der Waals surface area contributed by atoms with Crippen LogP contribution in [0.4, 0.5) is 0 Å². The van der Waals surface area contributed by atoms with Gasteiger partial charge in [0, 0.05) is 44.2 Å². The maximum Gasteiger partial charge on any atom is 0.128 e. The molecule has 8 aromatic rings. The van der Waals surface area contributed by atoms with Crippen molar-refractivity contribution in [1.29, 1.82) is 21.0 Å². The molecule has 0 spiro atoms. The van der Waals surface area contributed by atoms with Crippen LogP contribution in [0.3, 0.4) is 0 Å². The van der Waals surface area contributed by atoms with E-state index in [4.69, 9.17) is 4.74 Å². The van der Waals surface area contributed by atoms with Gasteiger partial charge in [0.2, 0.25) is 0 Å². The topological polar surface area (TPSA) is 114 Å². The lowest BCUT2D eigenvalue weighted by Gasteiger charge is -2.20. The molecule has 10 rings (SSSR count). The van der Waals surface area contributed by atoms with Crippen LogP contribution in [0.15, 0.2) is 133 Å². The summed E-state index contributed by atoms with van der Waals surface area (Å²) in [5.41, 5.74) is 7.53. The molecular weight excluding hydrogens is 653 g/mol. The molecule has 244 valence electrons. The summed E-state index contributed by atoms with van der Waals surface area (Å²) in [6, 6.07) is 44.5. The zero-order chi connectivity index (χ0) is 35.8. The van der Waals surface area contributed by atoms with Crippen molar-refractivity contribution in [3.63, 3.8) is 0 Å². The third kappa shape index (κ3) is 4.11. The van der Waals surface area contributed by atoms with Gasteiger partial charge in [-0.1, -0.05) is 85.0 Å². The van der Waals surface area contributed by atoms with E-state index in [1.807, 2.05) is 95.6 Å². The molecule has 0 bridgehead atoms. The number of benzene rings is 6. The van der Waals surface area contributed by atoms with Crippen molar-refractivity contribution in [3.05, 3.63) is 161 Å². The molecule has 2 aliphatic rings. The molecule has 6 aromatic carbocycles. The Morgan fingerprint density at radius 3 is 1.70 bits per heavy atom. The maximum atomic E-state index is 11.1. The molecule has 7 nitrogen and oxygen atoms in total. The van der Waals surface area contributed by atoms with Gasteiger partial charge in [0.15, 0.2) is 0 Å². The van der Waals surface area contributed by atoms with Gasteiger partial charge < -0.3 is 13.9 Å². The van der Waals surface area contributed by atoms with E-state index >= 15 is 0 Å². The van der Waals surface area contributed by atoms with Crippen LogP contribution in [0.1, 0.15) is 33.7 Å². The van der Waals surface area contributed by atoms with Crippen molar-refractivity contribution < 1.29 is 4.74 Å². The molecule has 53 heavy (non-hydrogen) atoms. The summed E-state index contributed by atoms with van der Waals surface area (Å²) in [4.78, 5) is 0. The summed E-state index contributed by atoms with van der Waals surface area (Å²) < 4.78 is 10.5. The third-order valence-corrected chi connectivity index (χ3v) is 10.6. The van der Waals surface area contributed by atoms with Gasteiger partial charge in [-0.2, -0.15) is 21.0 Å². The van der Waals surface area contributed by atoms with Crippen molar-refractivity contribution in [2.24, 2.45) is 0 Å². The van der Waals surface area contributed by atoms with Gasteiger partial charge in [-0.25, -0.2) is 0 Å². The molecule has 7 heteroatoms. The molecule has 0 saturated carbocycles. The van der Waals surface area contributed by atoms with Gasteiger partial charge in [-0.05, 0) is 48.5 Å². The van der Waals surface area contributed by atoms with Gasteiger partial charge in [0.25, 0.3) is 0 Å². The van der Waals surface area contributed by atoms with E-state index in [1.165, 1.54) is 0 Å². The second kappa shape index (κ2) is 11.3. The van der Waals surface area contributed by atoms with Crippen LogP contribution in [0.5, 0.6) is 5.75 Å². The number of allylic oxidation sites excluding steroid dienone is 2. The van der Waals surface area contributed by atoms with E-state index in [0.29, 0.717) is 28.1 Å². The Morgan fingerprint density at radius 1 is 0.491 bits per heavy atom. The van der Waals surface area contributed by atoms with Crippen molar-refractivity contribution in [2.75, 3.05) is 0 Å². The fourth-order valence-electron chi connectivity index (χ4n) is 8.40. The summed E-state index contributed by atoms with van der Waals surface area (Å²) in [6.45, 7) is 0. The summed E-state index contributed by atoms with van der Waals surface area (Å²) in [7, 11) is 0. The van der Waals surface area contributed by atoms with Crippen LogP contribution < -0.4 is 4.74 Å². The molecule has 1 aliphatic heterocycles. The smallest absolute Gasteiger partial charge is 0.128 e. The number of fused-ring (bicyclic) bond motifs is 9. The molecule has 0 amide bonds. The van der Waals surface area contributed by atoms with Crippen LogP contribution in [-0.2, 0) is 0 Å². The summed E-state index contributed by atoms with van der Waals surface area (Å²) in [6.07, 6.45) is 8.13. The van der Waals surface area contributed by atoms with Gasteiger partial charge >= 0.3 is 0 Å². The second-order valence-corrected chi connectivity index (χ2v) is 13.2. The Balaban J connectivity index is 1.33. The van der Waals surface area contributed by atoms with E-state index in [0.717, 1.165) is 54.9 Å². The highest BCUT2D eigenvalue weighted by molar-refractivity contribution is 6.12. The van der Waals surface area contributed by atoms with Crippen LogP contribution in [0.2, 0.25) is 0 Å². The average molecular weight is 677 g/mol. The van der Waals surface area contributed by atoms with Crippen molar-refractivity contribution in [3.8, 4) is 52.5 Å². The van der Waals surface area contributed by atoms with Gasteiger partial charge in [-0.15, -0.1) is 0 Å². The Labute approximate surface area is 303 Å². The Bertz CT molecular complexity index is 3110. The SMILES string of the molecule is N#Cc1ccc(-c2ccc(C#N)c(-n3c4ccccc4c4ccccc43)c2C#N)c(-n2c3ccccc3c3cc4c(cc32)C2C=CC=CC2O4)c1C#N. The first-order valence-electron chi connectivity index (χ1n) is 17.2. The summed E-state index contributed by atoms with van der Waals surface area (Å²) in [5, 5.41) is 46.7. The predicted molar refractivity (Wildman–Crippen MR) is 205 cm³/mol. The van der Waals surface area contributed by atoms with Crippen LogP contribution in [0, 0.1) is 45.3 Å². The van der Waals surface area contributed by atoms with Gasteiger partial charge in [-0.3, -0.25) is 0 Å². The monoisotopic (exact) mass is 676 g/mol. The van der Waals surface area contributed by atoms with Crippen molar-refractivity contribution in [2.45, 2.75) is 12.0 Å². The number of rotatable bonds is 3. The first-order chi connectivity index (χ1) is 26.1. The molecule has 0 radical (unpaired) electrons. The zero-order valence-electron chi connectivity index (χ0n) is 27.9. The maximum absolute atomic E-state index is 11.1. The molecule has 0 N–H and O–H groups in total. The number of hydrogen-bond acceptors (Lipinski definition) is 5. The summed E-state index contributed by atoms with van der Waals surface area (Å²) in [5.74, 6) is 0.844. The fraction of sp³-hybridized carbons (Fsp3) is 0.0435. The lowest BCUT2D eigenvalue weighted by molar-refractivity contribution is 0.269. The van der Waals surface area contributed by atoms with Crippen molar-refractivity contribution >= 4 is 43.6 Å². The number of ether oxygens (including phenoxy) is 1. The molecule has 1 aliphatic carbocycles. The lowest BCUT2D eigenvalue weighted by Crippen LogP contribution is -2.15. The first kappa shape index (κ1) is 30.0. The first-order valence-corrected chi connectivity index (χ1v) is 17.2. The Kier molecular flexibility index (Phi) is 6.43. The predicted octanol–water partition coefficient (Wildman–Crippen LogP) is 10.0. The third-order valence-electron chi connectivity index (χ3n) is 10.6. The molecule has 2 unspecified atom stereocenters. The minimum atomic E-state index is -0.107. The van der Waals surface area contributed by atoms with E-state index in [-0.39, 0.29) is 28.7 Å². The number of hydrogen-bond donors (Lipinski definition) is 0. The highest BCUT2D eigenvalue weighted by Gasteiger charge is 2.34. The minimum absolute atomic E-state index is 0.0312. The Morgan fingerprint density at radius 2 is 1.06 bits per heavy atom. The average Bonchev–Trinajstić information content (AvgIpc) is 3.86. The normalized spacial score (nSPS) is 15.5. The summed E-state index contributed by atoms with van der Waals surface area (Å²) >= 11 is 0. The van der Waals surface area contributed by atoms with E-state index < -0.39 is 0 Å². The molecule has 0 fully saturated rings.